The summed E-state index contributed by atoms with van der Waals surface area (Å²) < 4.78 is 31.6. The summed E-state index contributed by atoms with van der Waals surface area (Å²) in [6.07, 6.45) is 0. The Morgan fingerprint density at radius 2 is 1.94 bits per heavy atom. The molecule has 0 spiro atoms. The number of nitrogens with one attached hydrogen (secondary N) is 2. The van der Waals surface area contributed by atoms with Gasteiger partial charge in [0.2, 0.25) is 5.91 Å². The molecule has 2 aromatic carbocycles. The van der Waals surface area contributed by atoms with E-state index in [9.17, 15) is 13.2 Å². The second-order valence-electron chi connectivity index (χ2n) is 7.98. The molecule has 8 nitrogen and oxygen atoms in total. The Labute approximate surface area is 186 Å². The standard InChI is InChI=1S/C23H25N3O5S/c1-15-10-16(20-4-2-3-5-22(20)25-15)13-31-18-6-8-19(9-7-18)32(29,30)14-17-11-24-12-21(17)23(27)26-28/h2-10,17,21,24,28H,11-14H2,1H3,(H,26,27). The highest BCUT2D eigenvalue weighted by atomic mass is 32.2. The Hall–Kier alpha value is -3.01. The average molecular weight is 456 g/mol. The molecule has 1 fully saturated rings. The van der Waals surface area contributed by atoms with E-state index in [-0.39, 0.29) is 10.6 Å². The molecule has 1 aromatic heterocycles. The molecule has 1 aliphatic heterocycles. The first kappa shape index (κ1) is 22.2. The van der Waals surface area contributed by atoms with Gasteiger partial charge in [0, 0.05) is 23.2 Å². The van der Waals surface area contributed by atoms with E-state index < -0.39 is 27.6 Å². The molecule has 4 rings (SSSR count). The Morgan fingerprint density at radius 3 is 2.69 bits per heavy atom. The van der Waals surface area contributed by atoms with Crippen molar-refractivity contribution in [2.45, 2.75) is 18.4 Å². The molecule has 2 atom stereocenters. The van der Waals surface area contributed by atoms with Crippen molar-refractivity contribution in [3.8, 4) is 5.75 Å². The van der Waals surface area contributed by atoms with Gasteiger partial charge in [0.05, 0.1) is 22.1 Å². The van der Waals surface area contributed by atoms with Crippen LogP contribution in [-0.2, 0) is 21.2 Å². The van der Waals surface area contributed by atoms with Crippen LogP contribution in [0.1, 0.15) is 11.3 Å². The van der Waals surface area contributed by atoms with Gasteiger partial charge in [-0.2, -0.15) is 0 Å². The summed E-state index contributed by atoms with van der Waals surface area (Å²) in [5.74, 6) is -1.19. The van der Waals surface area contributed by atoms with Crippen LogP contribution in [0.3, 0.4) is 0 Å². The Morgan fingerprint density at radius 1 is 1.19 bits per heavy atom. The van der Waals surface area contributed by atoms with E-state index in [0.717, 1.165) is 22.2 Å². The minimum absolute atomic E-state index is 0.171. The maximum Gasteiger partial charge on any atom is 0.248 e. The van der Waals surface area contributed by atoms with Gasteiger partial charge in [-0.15, -0.1) is 0 Å². The number of hydrogen-bond acceptors (Lipinski definition) is 7. The van der Waals surface area contributed by atoms with Crippen molar-refractivity contribution < 1.29 is 23.2 Å². The van der Waals surface area contributed by atoms with E-state index in [1.54, 1.807) is 17.6 Å². The summed E-state index contributed by atoms with van der Waals surface area (Å²) in [6.45, 7) is 3.01. The SMILES string of the molecule is Cc1cc(COc2ccc(S(=O)(=O)CC3CNCC3C(=O)NO)cc2)c2ccccc2n1. The number of amides is 1. The normalized spacial score (nSPS) is 18.6. The van der Waals surface area contributed by atoms with Crippen molar-refractivity contribution in [2.75, 3.05) is 18.8 Å². The number of hydroxylamine groups is 1. The first-order chi connectivity index (χ1) is 15.4. The number of hydrogen-bond donors (Lipinski definition) is 3. The van der Waals surface area contributed by atoms with Gasteiger partial charge in [-0.1, -0.05) is 18.2 Å². The van der Waals surface area contributed by atoms with Crippen LogP contribution < -0.4 is 15.5 Å². The summed E-state index contributed by atoms with van der Waals surface area (Å²) in [5.41, 5.74) is 4.43. The van der Waals surface area contributed by atoms with Gasteiger partial charge in [-0.05, 0) is 55.8 Å². The van der Waals surface area contributed by atoms with Crippen LogP contribution in [0.15, 0.2) is 59.5 Å². The van der Waals surface area contributed by atoms with E-state index in [1.807, 2.05) is 37.3 Å². The molecule has 9 heteroatoms. The van der Waals surface area contributed by atoms with Crippen LogP contribution in [0.2, 0.25) is 0 Å². The number of aryl methyl sites for hydroxylation is 1. The number of aromatic nitrogens is 1. The summed E-state index contributed by atoms with van der Waals surface area (Å²) in [4.78, 5) is 16.5. The molecule has 1 aliphatic rings. The van der Waals surface area contributed by atoms with Crippen molar-refractivity contribution in [1.29, 1.82) is 0 Å². The van der Waals surface area contributed by atoms with Crippen molar-refractivity contribution in [3.63, 3.8) is 0 Å². The molecular formula is C23H25N3O5S. The van der Waals surface area contributed by atoms with Crippen LogP contribution in [0.25, 0.3) is 10.9 Å². The monoisotopic (exact) mass is 455 g/mol. The molecule has 3 N–H and O–H groups in total. The summed E-state index contributed by atoms with van der Waals surface area (Å²) >= 11 is 0. The van der Waals surface area contributed by atoms with Crippen LogP contribution >= 0.6 is 0 Å². The van der Waals surface area contributed by atoms with Crippen molar-refractivity contribution in [3.05, 3.63) is 65.9 Å². The highest BCUT2D eigenvalue weighted by Gasteiger charge is 2.36. The number of pyridine rings is 1. The molecule has 0 saturated carbocycles. The van der Waals surface area contributed by atoms with Crippen LogP contribution in [0, 0.1) is 18.8 Å². The van der Waals surface area contributed by atoms with Gasteiger partial charge in [-0.25, -0.2) is 13.9 Å². The fourth-order valence-corrected chi connectivity index (χ4v) is 5.75. The number of carbonyl (C=O) groups excluding carboxylic acids is 1. The van der Waals surface area contributed by atoms with Gasteiger partial charge in [0.1, 0.15) is 12.4 Å². The molecule has 0 radical (unpaired) electrons. The van der Waals surface area contributed by atoms with E-state index >= 15 is 0 Å². The van der Waals surface area contributed by atoms with Crippen molar-refractivity contribution >= 4 is 26.6 Å². The lowest BCUT2D eigenvalue weighted by Crippen LogP contribution is -2.35. The minimum Gasteiger partial charge on any atom is -0.489 e. The first-order valence-electron chi connectivity index (χ1n) is 10.3. The van der Waals surface area contributed by atoms with Crippen LogP contribution in [0.5, 0.6) is 5.75 Å². The third kappa shape index (κ3) is 4.74. The molecule has 32 heavy (non-hydrogen) atoms. The molecule has 1 saturated heterocycles. The third-order valence-corrected chi connectivity index (χ3v) is 7.58. The molecule has 168 valence electrons. The van der Waals surface area contributed by atoms with Gasteiger partial charge < -0.3 is 10.1 Å². The zero-order chi connectivity index (χ0) is 22.7. The number of rotatable bonds is 7. The number of ether oxygens (including phenoxy) is 1. The van der Waals surface area contributed by atoms with Crippen LogP contribution in [0.4, 0.5) is 0 Å². The van der Waals surface area contributed by atoms with Gasteiger partial charge in [0.25, 0.3) is 0 Å². The highest BCUT2D eigenvalue weighted by Crippen LogP contribution is 2.25. The highest BCUT2D eigenvalue weighted by molar-refractivity contribution is 7.91. The largest absolute Gasteiger partial charge is 0.489 e. The molecule has 1 amide bonds. The van der Waals surface area contributed by atoms with E-state index in [0.29, 0.717) is 25.4 Å². The molecule has 0 bridgehead atoms. The third-order valence-electron chi connectivity index (χ3n) is 5.73. The maximum absolute atomic E-state index is 12.8. The lowest BCUT2D eigenvalue weighted by atomic mass is 9.97. The summed E-state index contributed by atoms with van der Waals surface area (Å²) in [5, 5.41) is 12.9. The molecule has 2 heterocycles. The molecule has 2 unspecified atom stereocenters. The number of benzene rings is 2. The number of carbonyl (C=O) groups is 1. The first-order valence-corrected chi connectivity index (χ1v) is 12.0. The Bertz CT molecular complexity index is 1230. The van der Waals surface area contributed by atoms with Gasteiger partial charge >= 0.3 is 0 Å². The van der Waals surface area contributed by atoms with Gasteiger partial charge in [0.15, 0.2) is 9.84 Å². The van der Waals surface area contributed by atoms with Crippen LogP contribution in [-0.4, -0.2) is 43.4 Å². The Kier molecular flexibility index (Phi) is 6.40. The number of fused-ring (bicyclic) bond motifs is 1. The summed E-state index contributed by atoms with van der Waals surface area (Å²) in [7, 11) is -3.60. The van der Waals surface area contributed by atoms with Crippen molar-refractivity contribution in [1.82, 2.24) is 15.8 Å². The predicted molar refractivity (Wildman–Crippen MR) is 119 cm³/mol. The lowest BCUT2D eigenvalue weighted by Gasteiger charge is -2.17. The quantitative estimate of drug-likeness (QED) is 0.369. The smallest absolute Gasteiger partial charge is 0.248 e. The topological polar surface area (TPSA) is 118 Å². The van der Waals surface area contributed by atoms with Gasteiger partial charge in [-0.3, -0.25) is 15.0 Å². The zero-order valence-electron chi connectivity index (χ0n) is 17.6. The lowest BCUT2D eigenvalue weighted by molar-refractivity contribution is -0.133. The average Bonchev–Trinajstić information content (AvgIpc) is 3.24. The maximum atomic E-state index is 12.8. The molecule has 3 aromatic rings. The number of sulfone groups is 1. The predicted octanol–water partition coefficient (Wildman–Crippen LogP) is 2.24. The van der Waals surface area contributed by atoms with Crippen molar-refractivity contribution in [2.24, 2.45) is 11.8 Å². The molecule has 0 aliphatic carbocycles. The number of para-hydroxylation sites is 1. The van der Waals surface area contributed by atoms with E-state index in [2.05, 4.69) is 10.3 Å². The summed E-state index contributed by atoms with van der Waals surface area (Å²) in [6, 6.07) is 16.1. The minimum atomic E-state index is -3.60. The fourth-order valence-electron chi connectivity index (χ4n) is 4.09. The second kappa shape index (κ2) is 9.23. The second-order valence-corrected chi connectivity index (χ2v) is 10.0. The molecular weight excluding hydrogens is 430 g/mol. The van der Waals surface area contributed by atoms with E-state index in [1.165, 1.54) is 12.1 Å². The Balaban J connectivity index is 1.45. The van der Waals surface area contributed by atoms with E-state index in [4.69, 9.17) is 9.94 Å². The number of nitrogens with zero attached hydrogens (tertiary/aromatic N) is 1. The zero-order valence-corrected chi connectivity index (χ0v) is 18.4. The fraction of sp³-hybridized carbons (Fsp3) is 0.304.